The molecule has 2 heteroatoms. The number of allylic oxidation sites excluding steroid dienone is 6. The monoisotopic (exact) mass is 288 g/mol. The van der Waals surface area contributed by atoms with Gasteiger partial charge >= 0.3 is 0 Å². The van der Waals surface area contributed by atoms with Crippen molar-refractivity contribution >= 4 is 31.9 Å². The molecule has 0 bridgehead atoms. The van der Waals surface area contributed by atoms with Gasteiger partial charge in [0.1, 0.15) is 0 Å². The molecule has 0 aromatic heterocycles. The SMILES string of the molecule is BrC1=CC=CC2C(Br)CC=CC12. The van der Waals surface area contributed by atoms with Crippen LogP contribution >= 0.6 is 31.9 Å². The van der Waals surface area contributed by atoms with Gasteiger partial charge in [-0.3, -0.25) is 0 Å². The lowest BCUT2D eigenvalue weighted by atomic mass is 9.81. The van der Waals surface area contributed by atoms with Crippen molar-refractivity contribution in [3.8, 4) is 0 Å². The standard InChI is InChI=1S/C10H10Br2/c11-9-5-1-3-7-8(9)4-2-6-10(7)12/h1-5,7-8,10H,6H2. The van der Waals surface area contributed by atoms with E-state index in [2.05, 4.69) is 62.2 Å². The van der Waals surface area contributed by atoms with Crippen molar-refractivity contribution in [1.29, 1.82) is 0 Å². The Morgan fingerprint density at radius 1 is 1.33 bits per heavy atom. The minimum Gasteiger partial charge on any atom is -0.0881 e. The van der Waals surface area contributed by atoms with E-state index >= 15 is 0 Å². The third-order valence-corrected chi connectivity index (χ3v) is 4.22. The molecule has 0 aliphatic heterocycles. The Hall–Kier alpha value is 0.180. The second kappa shape index (κ2) is 3.51. The summed E-state index contributed by atoms with van der Waals surface area (Å²) in [5, 5.41) is 0. The van der Waals surface area contributed by atoms with Crippen LogP contribution in [0.25, 0.3) is 0 Å². The first kappa shape index (κ1) is 8.76. The highest BCUT2D eigenvalue weighted by Gasteiger charge is 2.29. The van der Waals surface area contributed by atoms with Crippen molar-refractivity contribution in [2.45, 2.75) is 11.2 Å². The lowest BCUT2D eigenvalue weighted by Gasteiger charge is -2.31. The van der Waals surface area contributed by atoms with Gasteiger partial charge in [0.2, 0.25) is 0 Å². The molecule has 0 nitrogen and oxygen atoms in total. The third kappa shape index (κ3) is 1.47. The van der Waals surface area contributed by atoms with Crippen LogP contribution in [0.4, 0.5) is 0 Å². The zero-order valence-electron chi connectivity index (χ0n) is 6.58. The molecule has 0 aromatic carbocycles. The number of halogens is 2. The highest BCUT2D eigenvalue weighted by molar-refractivity contribution is 9.11. The van der Waals surface area contributed by atoms with Gasteiger partial charge in [-0.1, -0.05) is 62.2 Å². The minimum absolute atomic E-state index is 0.563. The molecular formula is C10H10Br2. The van der Waals surface area contributed by atoms with Crippen molar-refractivity contribution in [2.75, 3.05) is 0 Å². The molecule has 2 aliphatic carbocycles. The summed E-state index contributed by atoms with van der Waals surface area (Å²) in [6, 6.07) is 0. The molecule has 0 heterocycles. The average molecular weight is 290 g/mol. The summed E-state index contributed by atoms with van der Waals surface area (Å²) in [6.07, 6.45) is 12.3. The molecule has 3 atom stereocenters. The maximum atomic E-state index is 3.71. The molecule has 0 radical (unpaired) electrons. The molecule has 3 unspecified atom stereocenters. The van der Waals surface area contributed by atoms with Crippen molar-refractivity contribution < 1.29 is 0 Å². The van der Waals surface area contributed by atoms with Crippen LogP contribution < -0.4 is 0 Å². The van der Waals surface area contributed by atoms with Gasteiger partial charge in [-0.25, -0.2) is 0 Å². The number of fused-ring (bicyclic) bond motifs is 1. The third-order valence-electron chi connectivity index (χ3n) is 2.44. The normalized spacial score (nSPS) is 39.2. The van der Waals surface area contributed by atoms with E-state index in [0.29, 0.717) is 16.7 Å². The summed E-state index contributed by atoms with van der Waals surface area (Å²) in [5.74, 6) is 1.20. The lowest BCUT2D eigenvalue weighted by molar-refractivity contribution is 0.507. The topological polar surface area (TPSA) is 0 Å². The number of hydrogen-bond acceptors (Lipinski definition) is 0. The summed E-state index contributed by atoms with van der Waals surface area (Å²) in [5.41, 5.74) is 0. The number of hydrogen-bond donors (Lipinski definition) is 0. The Balaban J connectivity index is 2.30. The fraction of sp³-hybridized carbons (Fsp3) is 0.400. The second-order valence-corrected chi connectivity index (χ2v) is 5.31. The predicted molar refractivity (Wildman–Crippen MR) is 59.6 cm³/mol. The van der Waals surface area contributed by atoms with Gasteiger partial charge in [0.05, 0.1) is 0 Å². The van der Waals surface area contributed by atoms with Crippen LogP contribution in [0.15, 0.2) is 34.9 Å². The van der Waals surface area contributed by atoms with Gasteiger partial charge in [-0.05, 0) is 6.42 Å². The van der Waals surface area contributed by atoms with Crippen molar-refractivity contribution in [3.63, 3.8) is 0 Å². The van der Waals surface area contributed by atoms with E-state index in [1.807, 2.05) is 0 Å². The van der Waals surface area contributed by atoms with Crippen LogP contribution in [-0.2, 0) is 0 Å². The highest BCUT2D eigenvalue weighted by Crippen LogP contribution is 2.39. The Labute approximate surface area is 89.7 Å². The lowest BCUT2D eigenvalue weighted by Crippen LogP contribution is -2.25. The first-order valence-corrected chi connectivity index (χ1v) is 5.84. The van der Waals surface area contributed by atoms with Crippen LogP contribution in [-0.4, -0.2) is 4.83 Å². The maximum Gasteiger partial charge on any atom is 0.0252 e. The van der Waals surface area contributed by atoms with Gasteiger partial charge in [0, 0.05) is 21.1 Å². The Bertz CT molecular complexity index is 263. The molecule has 0 saturated carbocycles. The van der Waals surface area contributed by atoms with Gasteiger partial charge in [-0.15, -0.1) is 0 Å². The first-order chi connectivity index (χ1) is 5.79. The first-order valence-electron chi connectivity index (χ1n) is 4.13. The van der Waals surface area contributed by atoms with Crippen molar-refractivity contribution in [2.24, 2.45) is 11.8 Å². The minimum atomic E-state index is 0.563. The molecule has 0 aromatic rings. The van der Waals surface area contributed by atoms with Gasteiger partial charge in [0.15, 0.2) is 0 Å². The molecule has 2 rings (SSSR count). The molecule has 2 aliphatic rings. The largest absolute Gasteiger partial charge is 0.0881 e. The summed E-state index contributed by atoms with van der Waals surface area (Å²) in [4.78, 5) is 0.602. The van der Waals surface area contributed by atoms with E-state index in [-0.39, 0.29) is 0 Å². The van der Waals surface area contributed by atoms with Crippen LogP contribution in [0.3, 0.4) is 0 Å². The van der Waals surface area contributed by atoms with E-state index in [0.717, 1.165) is 6.42 Å². The van der Waals surface area contributed by atoms with Crippen molar-refractivity contribution in [3.05, 3.63) is 34.9 Å². The van der Waals surface area contributed by atoms with Crippen LogP contribution in [0.1, 0.15) is 6.42 Å². The van der Waals surface area contributed by atoms with Gasteiger partial charge < -0.3 is 0 Å². The molecular weight excluding hydrogens is 280 g/mol. The summed E-state index contributed by atoms with van der Waals surface area (Å²) < 4.78 is 1.30. The van der Waals surface area contributed by atoms with E-state index in [4.69, 9.17) is 0 Å². The van der Waals surface area contributed by atoms with E-state index in [1.165, 1.54) is 4.48 Å². The average Bonchev–Trinajstić information content (AvgIpc) is 2.07. The van der Waals surface area contributed by atoms with Gasteiger partial charge in [0.25, 0.3) is 0 Å². The van der Waals surface area contributed by atoms with Crippen molar-refractivity contribution in [1.82, 2.24) is 0 Å². The molecule has 0 amide bonds. The molecule has 12 heavy (non-hydrogen) atoms. The molecule has 64 valence electrons. The molecule has 0 fully saturated rings. The molecule has 0 N–H and O–H groups in total. The zero-order valence-corrected chi connectivity index (χ0v) is 9.75. The Morgan fingerprint density at radius 2 is 2.17 bits per heavy atom. The number of alkyl halides is 1. The second-order valence-electron chi connectivity index (χ2n) is 3.22. The fourth-order valence-corrected chi connectivity index (χ4v) is 3.10. The maximum absolute atomic E-state index is 3.71. The highest BCUT2D eigenvalue weighted by atomic mass is 79.9. The van der Waals surface area contributed by atoms with Crippen LogP contribution in [0.2, 0.25) is 0 Å². The fourth-order valence-electron chi connectivity index (χ4n) is 1.77. The molecule has 0 saturated heterocycles. The quantitative estimate of drug-likeness (QED) is 0.470. The molecule has 0 spiro atoms. The summed E-state index contributed by atoms with van der Waals surface area (Å²) in [6.45, 7) is 0. The van der Waals surface area contributed by atoms with Crippen LogP contribution in [0.5, 0.6) is 0 Å². The number of rotatable bonds is 0. The zero-order chi connectivity index (χ0) is 8.55. The predicted octanol–water partition coefficient (Wildman–Crippen LogP) is 3.79. The van der Waals surface area contributed by atoms with Gasteiger partial charge in [-0.2, -0.15) is 0 Å². The smallest absolute Gasteiger partial charge is 0.0252 e. The summed E-state index contributed by atoms with van der Waals surface area (Å²) in [7, 11) is 0. The van der Waals surface area contributed by atoms with E-state index < -0.39 is 0 Å². The van der Waals surface area contributed by atoms with E-state index in [1.54, 1.807) is 0 Å². The summed E-state index contributed by atoms with van der Waals surface area (Å²) >= 11 is 7.30. The Kier molecular flexibility index (Phi) is 2.56. The van der Waals surface area contributed by atoms with Crippen LogP contribution in [0, 0.1) is 11.8 Å². The Morgan fingerprint density at radius 3 is 2.92 bits per heavy atom. The van der Waals surface area contributed by atoms with E-state index in [9.17, 15) is 0 Å².